The first-order valence-electron chi connectivity index (χ1n) is 10.8. The number of carbonyl (C=O) groups is 1. The molecule has 1 amide bonds. The maximum Gasteiger partial charge on any atom is 0.271 e. The number of hydrogen-bond donors (Lipinski definition) is 0. The zero-order valence-corrected chi connectivity index (χ0v) is 21.1. The Balaban J connectivity index is 1.54. The fourth-order valence-corrected chi connectivity index (χ4v) is 5.09. The lowest BCUT2D eigenvalue weighted by molar-refractivity contribution is -0.113. The fraction of sp³-hybridized carbons (Fsp3) is 0.0714. The van der Waals surface area contributed by atoms with Crippen molar-refractivity contribution in [1.29, 1.82) is 0 Å². The van der Waals surface area contributed by atoms with Crippen molar-refractivity contribution in [1.82, 2.24) is 0 Å². The van der Waals surface area contributed by atoms with E-state index in [1.807, 2.05) is 98.8 Å². The minimum Gasteiger partial charge on any atom is -0.457 e. The standard InChI is InChI=1S/C28H21BrN2O2S/c1-18-8-3-5-12-23(18)30-28-31(24-13-6-4-9-19(24)2)27(32)26(34-28)17-22-14-15-25(33-22)20-10-7-11-21(29)16-20/h3-17H,1-2H3. The maximum atomic E-state index is 13.6. The summed E-state index contributed by atoms with van der Waals surface area (Å²) in [5.41, 5.74) is 4.69. The molecule has 0 unspecified atom stereocenters. The highest BCUT2D eigenvalue weighted by Gasteiger charge is 2.35. The number of thioether (sulfide) groups is 1. The summed E-state index contributed by atoms with van der Waals surface area (Å²) in [4.78, 5) is 20.7. The second-order valence-electron chi connectivity index (χ2n) is 7.93. The highest BCUT2D eigenvalue weighted by atomic mass is 79.9. The average Bonchev–Trinajstić information content (AvgIpc) is 3.41. The molecule has 1 aliphatic rings. The molecule has 0 aliphatic carbocycles. The van der Waals surface area contributed by atoms with Gasteiger partial charge in [-0.25, -0.2) is 4.99 Å². The molecule has 1 aliphatic heterocycles. The van der Waals surface area contributed by atoms with Crippen LogP contribution >= 0.6 is 27.7 Å². The van der Waals surface area contributed by atoms with Crippen molar-refractivity contribution in [3.8, 4) is 11.3 Å². The van der Waals surface area contributed by atoms with Crippen molar-refractivity contribution < 1.29 is 9.21 Å². The first kappa shape index (κ1) is 22.4. The van der Waals surface area contributed by atoms with Crippen LogP contribution in [0.25, 0.3) is 17.4 Å². The number of carbonyl (C=O) groups excluding carboxylic acids is 1. The van der Waals surface area contributed by atoms with Crippen LogP contribution in [0.15, 0.2) is 104 Å². The van der Waals surface area contributed by atoms with Gasteiger partial charge < -0.3 is 4.42 Å². The van der Waals surface area contributed by atoms with E-state index in [0.29, 0.717) is 15.8 Å². The van der Waals surface area contributed by atoms with E-state index >= 15 is 0 Å². The van der Waals surface area contributed by atoms with Crippen LogP contribution < -0.4 is 4.90 Å². The number of hydrogen-bond acceptors (Lipinski definition) is 4. The molecular formula is C28H21BrN2O2S. The highest BCUT2D eigenvalue weighted by molar-refractivity contribution is 9.10. The Morgan fingerprint density at radius 1 is 0.912 bits per heavy atom. The normalized spacial score (nSPS) is 16.1. The lowest BCUT2D eigenvalue weighted by Gasteiger charge is -2.18. The summed E-state index contributed by atoms with van der Waals surface area (Å²) >= 11 is 4.85. The molecule has 6 heteroatoms. The number of benzene rings is 3. The van der Waals surface area contributed by atoms with E-state index in [-0.39, 0.29) is 5.91 Å². The molecule has 3 aromatic carbocycles. The van der Waals surface area contributed by atoms with E-state index in [0.717, 1.165) is 38.3 Å². The fourth-order valence-electron chi connectivity index (χ4n) is 3.72. The SMILES string of the molecule is Cc1ccccc1N=C1SC(=Cc2ccc(-c3cccc(Br)c3)o2)C(=O)N1c1ccccc1C. The van der Waals surface area contributed by atoms with Crippen LogP contribution in [0.3, 0.4) is 0 Å². The zero-order valence-electron chi connectivity index (χ0n) is 18.7. The number of nitrogens with zero attached hydrogens (tertiary/aromatic N) is 2. The first-order chi connectivity index (χ1) is 16.5. The van der Waals surface area contributed by atoms with Gasteiger partial charge in [0.15, 0.2) is 5.17 Å². The van der Waals surface area contributed by atoms with Gasteiger partial charge in [-0.3, -0.25) is 9.69 Å². The molecule has 0 N–H and O–H groups in total. The van der Waals surface area contributed by atoms with Gasteiger partial charge >= 0.3 is 0 Å². The van der Waals surface area contributed by atoms with E-state index in [4.69, 9.17) is 9.41 Å². The Hall–Kier alpha value is -3.35. The number of halogens is 1. The summed E-state index contributed by atoms with van der Waals surface area (Å²) < 4.78 is 7.03. The van der Waals surface area contributed by atoms with Crippen molar-refractivity contribution in [2.75, 3.05) is 4.90 Å². The van der Waals surface area contributed by atoms with Crippen LogP contribution in [0, 0.1) is 13.8 Å². The largest absolute Gasteiger partial charge is 0.457 e. The molecule has 0 atom stereocenters. The van der Waals surface area contributed by atoms with E-state index in [2.05, 4.69) is 15.9 Å². The Labute approximate surface area is 211 Å². The van der Waals surface area contributed by atoms with E-state index in [9.17, 15) is 4.79 Å². The van der Waals surface area contributed by atoms with Gasteiger partial charge in [0.25, 0.3) is 5.91 Å². The minimum absolute atomic E-state index is 0.118. The Morgan fingerprint density at radius 3 is 2.44 bits per heavy atom. The predicted molar refractivity (Wildman–Crippen MR) is 144 cm³/mol. The molecule has 0 spiro atoms. The first-order valence-corrected chi connectivity index (χ1v) is 12.4. The maximum absolute atomic E-state index is 13.6. The van der Waals surface area contributed by atoms with E-state index in [1.54, 1.807) is 11.0 Å². The Kier molecular flexibility index (Phi) is 6.26. The Morgan fingerprint density at radius 2 is 1.68 bits per heavy atom. The van der Waals surface area contributed by atoms with Gasteiger partial charge in [-0.05, 0) is 73.1 Å². The third-order valence-electron chi connectivity index (χ3n) is 5.50. The molecule has 4 nitrogen and oxygen atoms in total. The van der Waals surface area contributed by atoms with Crippen LogP contribution in [0.2, 0.25) is 0 Å². The van der Waals surface area contributed by atoms with Crippen LogP contribution in [0.4, 0.5) is 11.4 Å². The van der Waals surface area contributed by atoms with Gasteiger partial charge in [0.1, 0.15) is 11.5 Å². The van der Waals surface area contributed by atoms with Crippen LogP contribution in [0.1, 0.15) is 16.9 Å². The highest BCUT2D eigenvalue weighted by Crippen LogP contribution is 2.39. The Bertz CT molecular complexity index is 1450. The van der Waals surface area contributed by atoms with E-state index in [1.165, 1.54) is 11.8 Å². The summed E-state index contributed by atoms with van der Waals surface area (Å²) in [6.45, 7) is 4.01. The lowest BCUT2D eigenvalue weighted by Crippen LogP contribution is -2.29. The van der Waals surface area contributed by atoms with Crippen LogP contribution in [0.5, 0.6) is 0 Å². The third-order valence-corrected chi connectivity index (χ3v) is 6.97. The summed E-state index contributed by atoms with van der Waals surface area (Å²) in [5, 5.41) is 0.624. The molecule has 1 fully saturated rings. The molecule has 2 heterocycles. The summed E-state index contributed by atoms with van der Waals surface area (Å²) in [5.74, 6) is 1.24. The predicted octanol–water partition coefficient (Wildman–Crippen LogP) is 8.13. The summed E-state index contributed by atoms with van der Waals surface area (Å²) in [6.07, 6.45) is 1.79. The van der Waals surface area contributed by atoms with Crippen molar-refractivity contribution >= 4 is 56.2 Å². The number of amides is 1. The number of furan rings is 1. The molecule has 0 radical (unpaired) electrons. The second-order valence-corrected chi connectivity index (χ2v) is 9.86. The molecule has 1 aromatic heterocycles. The van der Waals surface area contributed by atoms with Gasteiger partial charge in [-0.2, -0.15) is 0 Å². The monoisotopic (exact) mass is 528 g/mol. The number of para-hydroxylation sites is 2. The molecule has 4 aromatic rings. The van der Waals surface area contributed by atoms with Crippen molar-refractivity contribution in [2.45, 2.75) is 13.8 Å². The third kappa shape index (κ3) is 4.52. The summed E-state index contributed by atoms with van der Waals surface area (Å²) in [7, 11) is 0. The molecule has 5 rings (SSSR count). The molecule has 0 saturated carbocycles. The molecule has 168 valence electrons. The molecule has 34 heavy (non-hydrogen) atoms. The minimum atomic E-state index is -0.118. The van der Waals surface area contributed by atoms with Gasteiger partial charge in [0.05, 0.1) is 16.3 Å². The van der Waals surface area contributed by atoms with Crippen molar-refractivity contribution in [2.24, 2.45) is 4.99 Å². The van der Waals surface area contributed by atoms with Crippen LogP contribution in [-0.4, -0.2) is 11.1 Å². The topological polar surface area (TPSA) is 45.8 Å². The number of aliphatic imine (C=N–C) groups is 1. The zero-order chi connectivity index (χ0) is 23.7. The van der Waals surface area contributed by atoms with Crippen molar-refractivity contribution in [3.63, 3.8) is 0 Å². The van der Waals surface area contributed by atoms with Gasteiger partial charge in [0, 0.05) is 16.1 Å². The second kappa shape index (κ2) is 9.49. The lowest BCUT2D eigenvalue weighted by atomic mass is 10.2. The van der Waals surface area contributed by atoms with Gasteiger partial charge in [-0.15, -0.1) is 0 Å². The van der Waals surface area contributed by atoms with Gasteiger partial charge in [0.2, 0.25) is 0 Å². The molecule has 0 bridgehead atoms. The number of amidine groups is 1. The number of rotatable bonds is 4. The smallest absolute Gasteiger partial charge is 0.271 e. The van der Waals surface area contributed by atoms with Crippen LogP contribution in [-0.2, 0) is 4.79 Å². The van der Waals surface area contributed by atoms with Crippen molar-refractivity contribution in [3.05, 3.63) is 111 Å². The number of anilines is 1. The average molecular weight is 529 g/mol. The number of aryl methyl sites for hydroxylation is 2. The molecular weight excluding hydrogens is 508 g/mol. The quantitative estimate of drug-likeness (QED) is 0.251. The molecule has 1 saturated heterocycles. The summed E-state index contributed by atoms with van der Waals surface area (Å²) in [6, 6.07) is 27.5. The van der Waals surface area contributed by atoms with E-state index < -0.39 is 0 Å². The van der Waals surface area contributed by atoms with Gasteiger partial charge in [-0.1, -0.05) is 64.5 Å².